The second-order valence-electron chi connectivity index (χ2n) is 7.70. The predicted molar refractivity (Wildman–Crippen MR) is 137 cm³/mol. The monoisotopic (exact) mass is 450 g/mol. The number of aromatic nitrogens is 2. The Labute approximate surface area is 195 Å². The Bertz CT molecular complexity index is 1450. The number of fused-ring (bicyclic) bond motifs is 1. The van der Waals surface area contributed by atoms with Crippen molar-refractivity contribution < 1.29 is 0 Å². The molecule has 6 heteroatoms. The molecule has 0 saturated carbocycles. The van der Waals surface area contributed by atoms with Crippen LogP contribution in [-0.2, 0) is 0 Å². The Morgan fingerprint density at radius 1 is 0.848 bits per heavy atom. The van der Waals surface area contributed by atoms with Crippen molar-refractivity contribution in [3.63, 3.8) is 0 Å². The molecule has 3 aromatic carbocycles. The smallest absolute Gasteiger partial charge is 0.282 e. The van der Waals surface area contributed by atoms with Crippen molar-refractivity contribution in [1.82, 2.24) is 9.66 Å². The second-order valence-corrected chi connectivity index (χ2v) is 8.90. The van der Waals surface area contributed by atoms with Crippen LogP contribution in [0.4, 0.5) is 17.1 Å². The number of benzene rings is 3. The molecule has 2 heterocycles. The molecule has 2 aromatic heterocycles. The molecule has 0 aliphatic carbocycles. The maximum Gasteiger partial charge on any atom is 0.282 e. The third kappa shape index (κ3) is 4.08. The topological polar surface area (TPSA) is 50.5 Å². The summed E-state index contributed by atoms with van der Waals surface area (Å²) in [6, 6.07) is 28.6. The summed E-state index contributed by atoms with van der Waals surface area (Å²) >= 11 is 1.54. The molecule has 5 rings (SSSR count). The molecule has 0 fully saturated rings. The van der Waals surface area contributed by atoms with Crippen LogP contribution >= 0.6 is 11.3 Å². The maximum atomic E-state index is 12.9. The van der Waals surface area contributed by atoms with Crippen LogP contribution in [0.15, 0.2) is 101 Å². The zero-order chi connectivity index (χ0) is 22.8. The number of rotatable bonds is 5. The third-order valence-electron chi connectivity index (χ3n) is 5.58. The fourth-order valence-electron chi connectivity index (χ4n) is 3.75. The van der Waals surface area contributed by atoms with Crippen molar-refractivity contribution in [3.05, 3.63) is 118 Å². The second kappa shape index (κ2) is 8.84. The SMILES string of the molecule is Cc1sc2ncn(/N=C/c3ccc(N(c4ccccc4)c4ccccc4)cc3)c(=O)c2c1C. The lowest BCUT2D eigenvalue weighted by Gasteiger charge is -2.25. The molecule has 162 valence electrons. The predicted octanol–water partition coefficient (Wildman–Crippen LogP) is 6.43. The van der Waals surface area contributed by atoms with Crippen molar-refractivity contribution in [2.75, 3.05) is 4.90 Å². The lowest BCUT2D eigenvalue weighted by Crippen LogP contribution is -2.17. The minimum absolute atomic E-state index is 0.144. The number of thiophene rings is 1. The van der Waals surface area contributed by atoms with Crippen molar-refractivity contribution in [2.45, 2.75) is 13.8 Å². The normalized spacial score (nSPS) is 11.3. The Morgan fingerprint density at radius 2 is 1.42 bits per heavy atom. The molecule has 33 heavy (non-hydrogen) atoms. The van der Waals surface area contributed by atoms with Gasteiger partial charge in [-0.2, -0.15) is 9.78 Å². The van der Waals surface area contributed by atoms with Gasteiger partial charge >= 0.3 is 0 Å². The van der Waals surface area contributed by atoms with Gasteiger partial charge in [0.1, 0.15) is 11.2 Å². The molecule has 0 unspecified atom stereocenters. The summed E-state index contributed by atoms with van der Waals surface area (Å²) in [5, 5.41) is 5.02. The molecule has 0 radical (unpaired) electrons. The van der Waals surface area contributed by atoms with Gasteiger partial charge in [0.15, 0.2) is 0 Å². The zero-order valence-electron chi connectivity index (χ0n) is 18.3. The number of hydrogen-bond acceptors (Lipinski definition) is 5. The lowest BCUT2D eigenvalue weighted by atomic mass is 10.1. The first kappa shape index (κ1) is 20.8. The van der Waals surface area contributed by atoms with E-state index in [4.69, 9.17) is 0 Å². The van der Waals surface area contributed by atoms with E-state index in [0.29, 0.717) is 5.39 Å². The van der Waals surface area contributed by atoms with Crippen LogP contribution in [0, 0.1) is 13.8 Å². The number of anilines is 3. The number of nitrogens with zero attached hydrogens (tertiary/aromatic N) is 4. The zero-order valence-corrected chi connectivity index (χ0v) is 19.2. The van der Waals surface area contributed by atoms with Gasteiger partial charge in [0.25, 0.3) is 5.56 Å². The van der Waals surface area contributed by atoms with Gasteiger partial charge in [0.2, 0.25) is 0 Å². The van der Waals surface area contributed by atoms with E-state index in [9.17, 15) is 4.79 Å². The molecule has 5 nitrogen and oxygen atoms in total. The molecule has 0 N–H and O–H groups in total. The van der Waals surface area contributed by atoms with Crippen molar-refractivity contribution in [3.8, 4) is 0 Å². The maximum absolute atomic E-state index is 12.9. The van der Waals surface area contributed by atoms with Crippen LogP contribution in [0.5, 0.6) is 0 Å². The van der Waals surface area contributed by atoms with Crippen LogP contribution in [0.2, 0.25) is 0 Å². The summed E-state index contributed by atoms with van der Waals surface area (Å²) < 4.78 is 1.30. The quantitative estimate of drug-likeness (QED) is 0.290. The first-order valence-electron chi connectivity index (χ1n) is 10.6. The summed E-state index contributed by atoms with van der Waals surface area (Å²) in [6.07, 6.45) is 3.17. The van der Waals surface area contributed by atoms with Crippen molar-refractivity contribution in [2.24, 2.45) is 5.10 Å². The van der Waals surface area contributed by atoms with Crippen molar-refractivity contribution >= 4 is 44.8 Å². The summed E-state index contributed by atoms with van der Waals surface area (Å²) in [4.78, 5) is 21.3. The highest BCUT2D eigenvalue weighted by molar-refractivity contribution is 7.18. The Morgan fingerprint density at radius 3 is 2.03 bits per heavy atom. The summed E-state index contributed by atoms with van der Waals surface area (Å²) in [7, 11) is 0. The van der Waals surface area contributed by atoms with Gasteiger partial charge in [-0.3, -0.25) is 4.79 Å². The molecular weight excluding hydrogens is 428 g/mol. The van der Waals surface area contributed by atoms with E-state index in [1.807, 2.05) is 62.4 Å². The summed E-state index contributed by atoms with van der Waals surface area (Å²) in [5.41, 5.74) is 4.92. The Kier molecular flexibility index (Phi) is 5.59. The largest absolute Gasteiger partial charge is 0.311 e. The molecule has 0 spiro atoms. The fourth-order valence-corrected chi connectivity index (χ4v) is 4.74. The van der Waals surface area contributed by atoms with E-state index in [1.165, 1.54) is 22.3 Å². The van der Waals surface area contributed by atoms with E-state index >= 15 is 0 Å². The van der Waals surface area contributed by atoms with Crippen LogP contribution < -0.4 is 10.5 Å². The number of aryl methyl sites for hydroxylation is 2. The molecule has 0 aliphatic heterocycles. The minimum atomic E-state index is -0.144. The van der Waals surface area contributed by atoms with E-state index in [-0.39, 0.29) is 5.56 Å². The van der Waals surface area contributed by atoms with Crippen LogP contribution in [0.3, 0.4) is 0 Å². The highest BCUT2D eigenvalue weighted by Crippen LogP contribution is 2.34. The van der Waals surface area contributed by atoms with Gasteiger partial charge < -0.3 is 4.90 Å². The molecule has 0 aliphatic rings. The molecule has 0 atom stereocenters. The van der Waals surface area contributed by atoms with Crippen LogP contribution in [-0.4, -0.2) is 15.9 Å². The minimum Gasteiger partial charge on any atom is -0.311 e. The van der Waals surface area contributed by atoms with Crippen LogP contribution in [0.25, 0.3) is 10.2 Å². The van der Waals surface area contributed by atoms with E-state index < -0.39 is 0 Å². The number of para-hydroxylation sites is 2. The first-order valence-corrected chi connectivity index (χ1v) is 11.5. The standard InChI is InChI=1S/C27H22N4OS/c1-19-20(2)33-26-25(19)27(32)30(18-28-26)29-17-21-13-15-24(16-14-21)31(22-9-5-3-6-10-22)23-11-7-4-8-12-23/h3-18H,1-2H3/b29-17+. The first-order chi connectivity index (χ1) is 16.1. The van der Waals surface area contributed by atoms with E-state index in [2.05, 4.69) is 51.4 Å². The molecule has 5 aromatic rings. The van der Waals surface area contributed by atoms with Gasteiger partial charge in [0, 0.05) is 21.9 Å². The van der Waals surface area contributed by atoms with Gasteiger partial charge in [0.05, 0.1) is 11.6 Å². The molecule has 0 bridgehead atoms. The molecular formula is C27H22N4OS. The van der Waals surface area contributed by atoms with Crippen molar-refractivity contribution in [1.29, 1.82) is 0 Å². The van der Waals surface area contributed by atoms with Gasteiger partial charge in [-0.15, -0.1) is 11.3 Å². The highest BCUT2D eigenvalue weighted by Gasteiger charge is 2.13. The Balaban J connectivity index is 1.46. The fraction of sp³-hybridized carbons (Fsp3) is 0.0741. The Hall–Kier alpha value is -4.03. The third-order valence-corrected chi connectivity index (χ3v) is 6.70. The summed E-state index contributed by atoms with van der Waals surface area (Å²) in [6.45, 7) is 3.96. The van der Waals surface area contributed by atoms with Gasteiger partial charge in [-0.25, -0.2) is 4.98 Å². The van der Waals surface area contributed by atoms with Gasteiger partial charge in [-0.05, 0) is 61.4 Å². The highest BCUT2D eigenvalue weighted by atomic mass is 32.1. The van der Waals surface area contributed by atoms with Crippen LogP contribution in [0.1, 0.15) is 16.0 Å². The average molecular weight is 451 g/mol. The average Bonchev–Trinajstić information content (AvgIpc) is 3.15. The van der Waals surface area contributed by atoms with Gasteiger partial charge in [-0.1, -0.05) is 48.5 Å². The molecule has 0 amide bonds. The number of hydrogen-bond donors (Lipinski definition) is 0. The molecule has 0 saturated heterocycles. The van der Waals surface area contributed by atoms with E-state index in [0.717, 1.165) is 37.9 Å². The summed E-state index contributed by atoms with van der Waals surface area (Å²) in [5.74, 6) is 0. The lowest BCUT2D eigenvalue weighted by molar-refractivity contribution is 0.818. The van der Waals surface area contributed by atoms with E-state index in [1.54, 1.807) is 6.21 Å².